The number of fused-ring (bicyclic) bond motifs is 1. The summed E-state index contributed by atoms with van der Waals surface area (Å²) >= 11 is 0. The lowest BCUT2D eigenvalue weighted by molar-refractivity contribution is -0.182. The van der Waals surface area contributed by atoms with Crippen LogP contribution in [-0.2, 0) is 34.0 Å². The lowest BCUT2D eigenvalue weighted by Gasteiger charge is -2.47. The summed E-state index contributed by atoms with van der Waals surface area (Å²) in [6, 6.07) is 6.97. The minimum absolute atomic E-state index is 0.0406. The van der Waals surface area contributed by atoms with Crippen LogP contribution in [0.5, 0.6) is 0 Å². The molecule has 2 atom stereocenters. The van der Waals surface area contributed by atoms with Gasteiger partial charge in [0, 0.05) is 71.0 Å². The van der Waals surface area contributed by atoms with Crippen molar-refractivity contribution in [2.24, 2.45) is 0 Å². The molecule has 3 aliphatic rings. The molecule has 9 heteroatoms. The molecule has 38 heavy (non-hydrogen) atoms. The summed E-state index contributed by atoms with van der Waals surface area (Å²) in [5, 5.41) is 5.22. The molecule has 2 saturated heterocycles. The molecule has 2 aromatic carbocycles. The average molecular weight is 531 g/mol. The van der Waals surface area contributed by atoms with Crippen molar-refractivity contribution >= 4 is 23.4 Å². The quantitative estimate of drug-likeness (QED) is 0.555. The molecule has 202 valence electrons. The van der Waals surface area contributed by atoms with Crippen molar-refractivity contribution in [2.45, 2.75) is 77.3 Å². The second kappa shape index (κ2) is 9.78. The van der Waals surface area contributed by atoms with Crippen LogP contribution in [0, 0.1) is 5.82 Å². The van der Waals surface area contributed by atoms with Gasteiger partial charge in [0.05, 0.1) is 12.6 Å². The van der Waals surface area contributed by atoms with Crippen LogP contribution in [0.25, 0.3) is 0 Å². The predicted molar refractivity (Wildman–Crippen MR) is 141 cm³/mol. The number of morpholine rings is 1. The molecule has 5 rings (SSSR count). The Morgan fingerprint density at radius 1 is 1.21 bits per heavy atom. The highest BCUT2D eigenvalue weighted by Crippen LogP contribution is 2.33. The zero-order valence-electron chi connectivity index (χ0n) is 29.4. The number of benzene rings is 2. The van der Waals surface area contributed by atoms with Gasteiger partial charge in [-0.25, -0.2) is 4.39 Å². The van der Waals surface area contributed by atoms with Gasteiger partial charge in [0.15, 0.2) is 0 Å². The van der Waals surface area contributed by atoms with Crippen LogP contribution in [-0.4, -0.2) is 57.7 Å². The Bertz CT molecular complexity index is 1620. The monoisotopic (exact) mass is 530 g/mol. The highest BCUT2D eigenvalue weighted by Gasteiger charge is 2.40. The SMILES string of the molecule is [2H]C1(N2Cc3c(NCc4ccc(CN5C([2H])([2H])C(C)(C)OC(C)(C([2H])([2H])[2H])C5([2H])[2H])cc4F)cccc3C2=O)CCC(=O)NC1=O. The number of nitrogens with zero attached hydrogens (tertiary/aromatic N) is 2. The van der Waals surface area contributed by atoms with Gasteiger partial charge < -0.3 is 15.0 Å². The smallest absolute Gasteiger partial charge is 0.255 e. The summed E-state index contributed by atoms with van der Waals surface area (Å²) in [5.74, 6) is -2.59. The first-order valence-electron chi connectivity index (χ1n) is 16.3. The maximum Gasteiger partial charge on any atom is 0.255 e. The van der Waals surface area contributed by atoms with E-state index in [0.717, 1.165) is 22.8 Å². The van der Waals surface area contributed by atoms with Crippen molar-refractivity contribution in [3.8, 4) is 0 Å². The fourth-order valence-electron chi connectivity index (χ4n) is 5.03. The maximum absolute atomic E-state index is 15.4. The molecule has 0 radical (unpaired) electrons. The van der Waals surface area contributed by atoms with E-state index in [-0.39, 0.29) is 42.6 Å². The van der Waals surface area contributed by atoms with E-state index in [1.54, 1.807) is 18.2 Å². The molecule has 2 fully saturated rings. The van der Waals surface area contributed by atoms with Crippen LogP contribution in [0.4, 0.5) is 10.1 Å². The molecular formula is C29H35FN4O4. The second-order valence-corrected chi connectivity index (χ2v) is 10.3. The fraction of sp³-hybridized carbons (Fsp3) is 0.483. The lowest BCUT2D eigenvalue weighted by atomic mass is 9.98. The van der Waals surface area contributed by atoms with Crippen molar-refractivity contribution in [1.82, 2.24) is 15.1 Å². The topological polar surface area (TPSA) is 91.0 Å². The van der Waals surface area contributed by atoms with Gasteiger partial charge in [-0.15, -0.1) is 0 Å². The molecule has 0 bridgehead atoms. The van der Waals surface area contributed by atoms with E-state index in [2.05, 4.69) is 10.6 Å². The number of carbonyl (C=O) groups is 3. The summed E-state index contributed by atoms with van der Waals surface area (Å²) in [6.45, 7) is -5.05. The highest BCUT2D eigenvalue weighted by atomic mass is 19.1. The van der Waals surface area contributed by atoms with Crippen molar-refractivity contribution in [2.75, 3.05) is 18.3 Å². The first kappa shape index (κ1) is 18.1. The molecule has 3 heterocycles. The van der Waals surface area contributed by atoms with Gasteiger partial charge in [-0.05, 0) is 57.8 Å². The summed E-state index contributed by atoms with van der Waals surface area (Å²) in [4.78, 5) is 39.2. The molecule has 0 aliphatic carbocycles. The first-order chi connectivity index (χ1) is 21.1. The Kier molecular flexibility index (Phi) is 4.65. The molecule has 2 aromatic rings. The lowest BCUT2D eigenvalue weighted by Crippen LogP contribution is -2.56. The van der Waals surface area contributed by atoms with Gasteiger partial charge in [0.2, 0.25) is 11.8 Å². The summed E-state index contributed by atoms with van der Waals surface area (Å²) < 4.78 is 88.4. The number of rotatable bonds is 6. The predicted octanol–water partition coefficient (Wildman–Crippen LogP) is 3.59. The van der Waals surface area contributed by atoms with Crippen LogP contribution >= 0.6 is 0 Å². The van der Waals surface area contributed by atoms with E-state index < -0.39 is 67.1 Å². The number of amides is 3. The summed E-state index contributed by atoms with van der Waals surface area (Å²) in [6.07, 6.45) is -0.217. The molecule has 0 spiro atoms. The first-order valence-corrected chi connectivity index (χ1v) is 12.3. The van der Waals surface area contributed by atoms with Gasteiger partial charge in [-0.3, -0.25) is 24.6 Å². The van der Waals surface area contributed by atoms with E-state index in [1.165, 1.54) is 26.0 Å². The highest BCUT2D eigenvalue weighted by molar-refractivity contribution is 6.06. The van der Waals surface area contributed by atoms with E-state index >= 15 is 4.39 Å². The average Bonchev–Trinajstić information content (AvgIpc) is 3.29. The molecule has 2 unspecified atom stereocenters. The normalized spacial score (nSPS) is 33.4. The molecule has 0 aromatic heterocycles. The number of anilines is 1. The van der Waals surface area contributed by atoms with Crippen molar-refractivity contribution in [1.29, 1.82) is 0 Å². The van der Waals surface area contributed by atoms with Crippen molar-refractivity contribution in [3.05, 3.63) is 64.5 Å². The Morgan fingerprint density at radius 3 is 2.74 bits per heavy atom. The largest absolute Gasteiger partial charge is 0.381 e. The minimum atomic E-state index is -2.95. The number of halogens is 1. The fourth-order valence-corrected chi connectivity index (χ4v) is 5.03. The van der Waals surface area contributed by atoms with Crippen LogP contribution < -0.4 is 10.6 Å². The van der Waals surface area contributed by atoms with Crippen LogP contribution in [0.1, 0.15) is 78.5 Å². The van der Waals surface area contributed by atoms with E-state index in [4.69, 9.17) is 15.7 Å². The third-order valence-corrected chi connectivity index (χ3v) is 6.54. The minimum Gasteiger partial charge on any atom is -0.381 e. The second-order valence-electron chi connectivity index (χ2n) is 10.3. The number of carbonyl (C=O) groups excluding carboxylic acids is 3. The van der Waals surface area contributed by atoms with Gasteiger partial charge >= 0.3 is 0 Å². The molecular weight excluding hydrogens is 487 g/mol. The Morgan fingerprint density at radius 2 is 2.00 bits per heavy atom. The zero-order chi connectivity index (χ0) is 34.3. The Hall–Kier alpha value is -3.30. The van der Waals surface area contributed by atoms with E-state index in [9.17, 15) is 14.4 Å². The van der Waals surface area contributed by atoms with Gasteiger partial charge in [-0.2, -0.15) is 0 Å². The number of hydrogen-bond acceptors (Lipinski definition) is 6. The third kappa shape index (κ3) is 5.44. The van der Waals surface area contributed by atoms with E-state index in [1.807, 2.05) is 0 Å². The maximum atomic E-state index is 15.4. The number of ether oxygens (including phenoxy) is 1. The van der Waals surface area contributed by atoms with Gasteiger partial charge in [-0.1, -0.05) is 18.2 Å². The number of piperidine rings is 1. The van der Waals surface area contributed by atoms with Crippen LogP contribution in [0.3, 0.4) is 0 Å². The summed E-state index contributed by atoms with van der Waals surface area (Å²) in [7, 11) is 0. The molecule has 8 nitrogen and oxygen atoms in total. The summed E-state index contributed by atoms with van der Waals surface area (Å²) in [5.41, 5.74) is -2.47. The molecule has 2 N–H and O–H groups in total. The van der Waals surface area contributed by atoms with Crippen molar-refractivity contribution < 1.29 is 34.5 Å². The van der Waals surface area contributed by atoms with Crippen molar-refractivity contribution in [3.63, 3.8) is 0 Å². The zero-order valence-corrected chi connectivity index (χ0v) is 21.4. The number of imide groups is 1. The number of nitrogens with one attached hydrogen (secondary N) is 2. The third-order valence-electron chi connectivity index (χ3n) is 6.54. The number of hydrogen-bond donors (Lipinski definition) is 2. The Balaban J connectivity index is 1.35. The standard InChI is InChI=1S/C29H35FN4O4/c1-28(2)16-33(17-29(3,4)38-28)14-18-8-9-19(22(30)12-18)13-31-23-7-5-6-20-21(23)15-34(27(20)37)24-10-11-25(35)32-26(24)36/h5-9,12,24,31H,10-11,13-17H2,1-4H3,(H,32,35,36)/i1D3,16D2,17D2,24D. The van der Waals surface area contributed by atoms with Gasteiger partial charge in [0.1, 0.15) is 11.8 Å². The molecule has 0 saturated carbocycles. The Labute approximate surface area is 233 Å². The molecule has 3 aliphatic heterocycles. The van der Waals surface area contributed by atoms with E-state index in [0.29, 0.717) is 11.3 Å². The van der Waals surface area contributed by atoms with Crippen LogP contribution in [0.15, 0.2) is 36.4 Å². The van der Waals surface area contributed by atoms with Gasteiger partial charge in [0.25, 0.3) is 5.91 Å². The molecule has 3 amide bonds. The van der Waals surface area contributed by atoms with Crippen LogP contribution in [0.2, 0.25) is 0 Å².